The topological polar surface area (TPSA) is 59.8 Å². The lowest BCUT2D eigenvalue weighted by Crippen LogP contribution is -2.47. The van der Waals surface area contributed by atoms with Crippen molar-refractivity contribution in [2.45, 2.75) is 52.6 Å². The summed E-state index contributed by atoms with van der Waals surface area (Å²) in [6.45, 7) is 9.47. The summed E-state index contributed by atoms with van der Waals surface area (Å²) in [5.74, 6) is 0.896. The third-order valence-electron chi connectivity index (χ3n) is 2.77. The van der Waals surface area contributed by atoms with Gasteiger partial charge in [-0.25, -0.2) is 9.67 Å². The highest BCUT2D eigenvalue weighted by Crippen LogP contribution is 2.08. The second-order valence-corrected chi connectivity index (χ2v) is 4.65. The Balaban J connectivity index is 2.70. The molecule has 0 amide bonds. The maximum absolute atomic E-state index is 12.1. The van der Waals surface area contributed by atoms with E-state index in [9.17, 15) is 4.79 Å². The maximum atomic E-state index is 12.1. The molecule has 1 aromatic heterocycles. The number of aryl methyl sites for hydroxylation is 1. The molecule has 0 aromatic carbocycles. The first kappa shape index (κ1) is 13.8. The molecule has 96 valence electrons. The molecule has 0 atom stereocenters. The van der Waals surface area contributed by atoms with E-state index in [4.69, 9.17) is 0 Å². The summed E-state index contributed by atoms with van der Waals surface area (Å²) >= 11 is 0. The van der Waals surface area contributed by atoms with Crippen LogP contribution in [0, 0.1) is 0 Å². The lowest BCUT2D eigenvalue weighted by molar-refractivity contribution is -0.123. The van der Waals surface area contributed by atoms with Gasteiger partial charge in [-0.2, -0.15) is 5.10 Å². The van der Waals surface area contributed by atoms with Gasteiger partial charge in [0.05, 0.1) is 12.0 Å². The van der Waals surface area contributed by atoms with Crippen LogP contribution >= 0.6 is 0 Å². The van der Waals surface area contributed by atoms with Gasteiger partial charge >= 0.3 is 0 Å². The zero-order valence-electron chi connectivity index (χ0n) is 11.2. The van der Waals surface area contributed by atoms with E-state index >= 15 is 0 Å². The Kier molecular flexibility index (Phi) is 4.81. The van der Waals surface area contributed by atoms with E-state index in [0.29, 0.717) is 6.42 Å². The number of ketones is 1. The number of hydrogen-bond donors (Lipinski definition) is 1. The highest BCUT2D eigenvalue weighted by atomic mass is 16.1. The minimum absolute atomic E-state index is 0.143. The molecular weight excluding hydrogens is 216 g/mol. The average Bonchev–Trinajstić information content (AvgIpc) is 2.66. The van der Waals surface area contributed by atoms with Crippen LogP contribution in [0.1, 0.15) is 39.9 Å². The largest absolute Gasteiger partial charge is 0.306 e. The number of carbonyl (C=O) groups is 1. The van der Waals surface area contributed by atoms with E-state index in [1.54, 1.807) is 4.68 Å². The van der Waals surface area contributed by atoms with Gasteiger partial charge in [0.2, 0.25) is 0 Å². The minimum atomic E-state index is -0.502. The fraction of sp³-hybridized carbons (Fsp3) is 0.750. The van der Waals surface area contributed by atoms with Crippen LogP contribution < -0.4 is 5.32 Å². The Morgan fingerprint density at radius 3 is 2.76 bits per heavy atom. The van der Waals surface area contributed by atoms with Crippen molar-refractivity contribution >= 4 is 5.78 Å². The summed E-state index contributed by atoms with van der Waals surface area (Å²) in [5.41, 5.74) is -0.502. The van der Waals surface area contributed by atoms with Crippen molar-refractivity contribution in [2.75, 3.05) is 6.54 Å². The second kappa shape index (κ2) is 5.91. The van der Waals surface area contributed by atoms with Crippen LogP contribution in [-0.2, 0) is 17.8 Å². The minimum Gasteiger partial charge on any atom is -0.306 e. The van der Waals surface area contributed by atoms with Crippen molar-refractivity contribution < 1.29 is 4.79 Å². The summed E-state index contributed by atoms with van der Waals surface area (Å²) in [6.07, 6.45) is 2.83. The number of nitrogens with zero attached hydrogens (tertiary/aromatic N) is 3. The summed E-state index contributed by atoms with van der Waals surface area (Å²) < 4.78 is 1.81. The molecule has 0 bridgehead atoms. The SMILES string of the molecule is CCCn1ncnc1CC(=O)C(C)(C)NCC. The molecule has 17 heavy (non-hydrogen) atoms. The molecule has 0 fully saturated rings. The van der Waals surface area contributed by atoms with E-state index in [2.05, 4.69) is 22.3 Å². The lowest BCUT2D eigenvalue weighted by Gasteiger charge is -2.23. The van der Waals surface area contributed by atoms with Crippen molar-refractivity contribution in [3.63, 3.8) is 0 Å². The second-order valence-electron chi connectivity index (χ2n) is 4.65. The van der Waals surface area contributed by atoms with Crippen molar-refractivity contribution in [3.8, 4) is 0 Å². The zero-order chi connectivity index (χ0) is 12.9. The van der Waals surface area contributed by atoms with Gasteiger partial charge in [-0.05, 0) is 26.8 Å². The molecule has 0 aliphatic carbocycles. The van der Waals surface area contributed by atoms with Gasteiger partial charge in [-0.1, -0.05) is 13.8 Å². The molecule has 1 aromatic rings. The van der Waals surface area contributed by atoms with E-state index in [0.717, 1.165) is 25.3 Å². The first-order chi connectivity index (χ1) is 8.01. The van der Waals surface area contributed by atoms with Crippen LogP contribution in [0.2, 0.25) is 0 Å². The number of carbonyl (C=O) groups excluding carboxylic acids is 1. The van der Waals surface area contributed by atoms with Gasteiger partial charge in [0.25, 0.3) is 0 Å². The van der Waals surface area contributed by atoms with Gasteiger partial charge in [0.1, 0.15) is 12.2 Å². The van der Waals surface area contributed by atoms with E-state index in [1.807, 2.05) is 20.8 Å². The maximum Gasteiger partial charge on any atom is 0.159 e. The van der Waals surface area contributed by atoms with E-state index in [1.165, 1.54) is 6.33 Å². The molecular formula is C12H22N4O. The summed E-state index contributed by atoms with van der Waals surface area (Å²) in [5, 5.41) is 7.30. The molecule has 5 nitrogen and oxygen atoms in total. The average molecular weight is 238 g/mol. The predicted octanol–water partition coefficient (Wildman–Crippen LogP) is 1.19. The van der Waals surface area contributed by atoms with Crippen LogP contribution in [0.15, 0.2) is 6.33 Å². The highest BCUT2D eigenvalue weighted by molar-refractivity contribution is 5.88. The molecule has 0 radical (unpaired) electrons. The van der Waals surface area contributed by atoms with Gasteiger partial charge in [-0.15, -0.1) is 0 Å². The van der Waals surface area contributed by atoms with Crippen molar-refractivity contribution in [2.24, 2.45) is 0 Å². The molecule has 0 aliphatic heterocycles. The molecule has 0 unspecified atom stereocenters. The fourth-order valence-corrected chi connectivity index (χ4v) is 1.73. The normalized spacial score (nSPS) is 11.8. The molecule has 1 N–H and O–H groups in total. The monoisotopic (exact) mass is 238 g/mol. The standard InChI is InChI=1S/C12H22N4O/c1-5-7-16-11(13-9-15-16)8-10(17)12(3,4)14-6-2/h9,14H,5-8H2,1-4H3. The van der Waals surface area contributed by atoms with Crippen molar-refractivity contribution in [1.82, 2.24) is 20.1 Å². The Morgan fingerprint density at radius 2 is 2.18 bits per heavy atom. The van der Waals surface area contributed by atoms with E-state index in [-0.39, 0.29) is 5.78 Å². The first-order valence-electron chi connectivity index (χ1n) is 6.16. The van der Waals surface area contributed by atoms with Crippen molar-refractivity contribution in [3.05, 3.63) is 12.2 Å². The number of rotatable bonds is 7. The summed E-state index contributed by atoms with van der Waals surface area (Å²) in [6, 6.07) is 0. The van der Waals surface area contributed by atoms with Crippen molar-refractivity contribution in [1.29, 1.82) is 0 Å². The van der Waals surface area contributed by atoms with Crippen LogP contribution in [-0.4, -0.2) is 32.6 Å². The molecule has 1 heterocycles. The molecule has 0 saturated carbocycles. The number of nitrogens with one attached hydrogen (secondary N) is 1. The smallest absolute Gasteiger partial charge is 0.159 e. The summed E-state index contributed by atoms with van der Waals surface area (Å²) in [4.78, 5) is 16.3. The number of Topliss-reactive ketones (excluding diaryl/α,β-unsaturated/α-hetero) is 1. The molecule has 0 spiro atoms. The molecule has 0 saturated heterocycles. The highest BCUT2D eigenvalue weighted by Gasteiger charge is 2.27. The third kappa shape index (κ3) is 3.63. The number of hydrogen-bond acceptors (Lipinski definition) is 4. The number of aromatic nitrogens is 3. The Morgan fingerprint density at radius 1 is 1.47 bits per heavy atom. The van der Waals surface area contributed by atoms with Gasteiger partial charge in [-0.3, -0.25) is 4.79 Å². The quantitative estimate of drug-likeness (QED) is 0.775. The first-order valence-corrected chi connectivity index (χ1v) is 6.16. The van der Waals surface area contributed by atoms with Crippen LogP contribution in [0.4, 0.5) is 0 Å². The molecule has 0 aliphatic rings. The summed E-state index contributed by atoms with van der Waals surface area (Å²) in [7, 11) is 0. The van der Waals surface area contributed by atoms with Crippen LogP contribution in [0.5, 0.6) is 0 Å². The number of likely N-dealkylation sites (N-methyl/N-ethyl adjacent to an activating group) is 1. The predicted molar refractivity (Wildman–Crippen MR) is 66.8 cm³/mol. The van der Waals surface area contributed by atoms with Gasteiger partial charge < -0.3 is 5.32 Å². The molecule has 5 heteroatoms. The Hall–Kier alpha value is -1.23. The van der Waals surface area contributed by atoms with Crippen LogP contribution in [0.25, 0.3) is 0 Å². The fourth-order valence-electron chi connectivity index (χ4n) is 1.73. The van der Waals surface area contributed by atoms with E-state index < -0.39 is 5.54 Å². The van der Waals surface area contributed by atoms with Crippen LogP contribution in [0.3, 0.4) is 0 Å². The zero-order valence-corrected chi connectivity index (χ0v) is 11.2. The lowest BCUT2D eigenvalue weighted by atomic mass is 9.96. The van der Waals surface area contributed by atoms with Gasteiger partial charge in [0.15, 0.2) is 5.78 Å². The Bertz CT molecular complexity index is 370. The molecule has 1 rings (SSSR count). The van der Waals surface area contributed by atoms with Gasteiger partial charge in [0, 0.05) is 6.54 Å². The third-order valence-corrected chi connectivity index (χ3v) is 2.77. The Labute approximate surface area is 103 Å².